The average Bonchev–Trinajstić information content (AvgIpc) is 1.59. The first-order valence-electron chi connectivity index (χ1n) is 35.3. The maximum absolute atomic E-state index is 2.39. The van der Waals surface area contributed by atoms with Gasteiger partial charge in [-0.15, -0.1) is 0 Å². The molecule has 0 aliphatic rings. The van der Waals surface area contributed by atoms with E-state index in [1.165, 1.54) is 88.2 Å². The third kappa shape index (κ3) is 12.3. The number of hydrogen-bond donors (Lipinski definition) is 0. The van der Waals surface area contributed by atoms with Crippen molar-refractivity contribution < 1.29 is 0 Å². The molecule has 0 atom stereocenters. The Morgan fingerprint density at radius 1 is 0.165 bits per heavy atom. The van der Waals surface area contributed by atoms with Gasteiger partial charge in [-0.05, 0) is 226 Å². The van der Waals surface area contributed by atoms with Crippen LogP contribution in [0.2, 0.25) is 0 Å². The normalized spacial score (nSPS) is 11.3. The molecule has 1 aromatic heterocycles. The molecule has 0 aliphatic carbocycles. The SMILES string of the molecule is c1ccc(-c2ccc(-c3ccc(N(c4ccc(-c5ccc(-c6cccc(-c7ccc(N(c8ccc(-c9ccccc9)cc8)c8ccc(-c9cccc(-c%10ccc%11ccccc%11c%10)c9)cc8)cc7)c6)cc5)cc4)c4cccc(-c5cccc6c5c5ccccc5n6-c5ccccc5)c4)cc3)cc2)cc1. The van der Waals surface area contributed by atoms with E-state index in [2.05, 4.69) is 433 Å². The number of aromatic nitrogens is 1. The number of para-hydroxylation sites is 2. The molecule has 484 valence electrons. The van der Waals surface area contributed by atoms with Gasteiger partial charge in [-0.2, -0.15) is 0 Å². The lowest BCUT2D eigenvalue weighted by atomic mass is 9.96. The summed E-state index contributed by atoms with van der Waals surface area (Å²) in [6.45, 7) is 0. The van der Waals surface area contributed by atoms with Crippen LogP contribution in [0.25, 0.3) is 138 Å². The van der Waals surface area contributed by atoms with Crippen molar-refractivity contribution in [2.75, 3.05) is 9.80 Å². The zero-order valence-electron chi connectivity index (χ0n) is 56.7. The highest BCUT2D eigenvalue weighted by molar-refractivity contribution is 6.16. The minimum absolute atomic E-state index is 1.07. The Labute approximate surface area is 601 Å². The molecule has 3 heteroatoms. The monoisotopic (exact) mass is 1310 g/mol. The predicted molar refractivity (Wildman–Crippen MR) is 437 cm³/mol. The van der Waals surface area contributed by atoms with E-state index in [0.717, 1.165) is 84.3 Å². The Bertz CT molecular complexity index is 6030. The lowest BCUT2D eigenvalue weighted by Gasteiger charge is -2.26. The number of benzene rings is 17. The number of hydrogen-bond acceptors (Lipinski definition) is 2. The van der Waals surface area contributed by atoms with Gasteiger partial charge in [0, 0.05) is 50.6 Å². The van der Waals surface area contributed by atoms with Crippen LogP contribution in [0, 0.1) is 0 Å². The fourth-order valence-corrected chi connectivity index (χ4v) is 14.9. The molecule has 18 aromatic rings. The van der Waals surface area contributed by atoms with Crippen LogP contribution in [-0.2, 0) is 0 Å². The molecule has 0 radical (unpaired) electrons. The Balaban J connectivity index is 0.626. The van der Waals surface area contributed by atoms with Gasteiger partial charge in [0.1, 0.15) is 0 Å². The van der Waals surface area contributed by atoms with Gasteiger partial charge in [0.15, 0.2) is 0 Å². The molecule has 0 fully saturated rings. The van der Waals surface area contributed by atoms with Crippen molar-refractivity contribution in [3.8, 4) is 106 Å². The summed E-state index contributed by atoms with van der Waals surface area (Å²) in [5.74, 6) is 0. The molecule has 0 bridgehead atoms. The van der Waals surface area contributed by atoms with E-state index in [1.807, 2.05) is 0 Å². The molecule has 1 heterocycles. The van der Waals surface area contributed by atoms with E-state index < -0.39 is 0 Å². The molecule has 18 rings (SSSR count). The Morgan fingerprint density at radius 2 is 0.466 bits per heavy atom. The fraction of sp³-hybridized carbons (Fsp3) is 0. The molecule has 0 unspecified atom stereocenters. The van der Waals surface area contributed by atoms with Crippen LogP contribution in [0.1, 0.15) is 0 Å². The van der Waals surface area contributed by atoms with Gasteiger partial charge in [-0.3, -0.25) is 0 Å². The first-order chi connectivity index (χ1) is 51.0. The van der Waals surface area contributed by atoms with E-state index >= 15 is 0 Å². The molecule has 3 nitrogen and oxygen atoms in total. The Morgan fingerprint density at radius 3 is 0.932 bits per heavy atom. The van der Waals surface area contributed by atoms with Crippen LogP contribution in [0.3, 0.4) is 0 Å². The largest absolute Gasteiger partial charge is 0.311 e. The number of rotatable bonds is 16. The molecular weight excluding hydrogens is 1240 g/mol. The Kier molecular flexibility index (Phi) is 16.3. The van der Waals surface area contributed by atoms with Crippen LogP contribution in [0.15, 0.2) is 419 Å². The van der Waals surface area contributed by atoms with Gasteiger partial charge in [-0.25, -0.2) is 0 Å². The topological polar surface area (TPSA) is 11.4 Å². The number of fused-ring (bicyclic) bond motifs is 4. The maximum atomic E-state index is 2.39. The molecule has 0 amide bonds. The molecule has 0 saturated heterocycles. The molecule has 103 heavy (non-hydrogen) atoms. The van der Waals surface area contributed by atoms with Crippen molar-refractivity contribution in [2.45, 2.75) is 0 Å². The van der Waals surface area contributed by atoms with Crippen molar-refractivity contribution in [3.63, 3.8) is 0 Å². The highest BCUT2D eigenvalue weighted by Crippen LogP contribution is 2.44. The van der Waals surface area contributed by atoms with Crippen molar-refractivity contribution in [1.82, 2.24) is 4.57 Å². The average molecular weight is 1310 g/mol. The molecule has 0 spiro atoms. The first kappa shape index (κ1) is 61.7. The summed E-state index contributed by atoms with van der Waals surface area (Å²) in [5.41, 5.74) is 31.1. The highest BCUT2D eigenvalue weighted by atomic mass is 15.1. The van der Waals surface area contributed by atoms with Gasteiger partial charge in [0.2, 0.25) is 0 Å². The van der Waals surface area contributed by atoms with Gasteiger partial charge < -0.3 is 14.4 Å². The summed E-state index contributed by atoms with van der Waals surface area (Å²) in [6.07, 6.45) is 0. The van der Waals surface area contributed by atoms with Gasteiger partial charge in [-0.1, -0.05) is 303 Å². The van der Waals surface area contributed by atoms with Crippen molar-refractivity contribution in [3.05, 3.63) is 419 Å². The quantitative estimate of drug-likeness (QED) is 0.0955. The first-order valence-corrected chi connectivity index (χ1v) is 35.3. The van der Waals surface area contributed by atoms with Crippen LogP contribution in [0.5, 0.6) is 0 Å². The van der Waals surface area contributed by atoms with Crippen molar-refractivity contribution in [2.24, 2.45) is 0 Å². The van der Waals surface area contributed by atoms with Crippen molar-refractivity contribution >= 4 is 66.7 Å². The third-order valence-corrected chi connectivity index (χ3v) is 20.2. The third-order valence-electron chi connectivity index (χ3n) is 20.2. The van der Waals surface area contributed by atoms with Gasteiger partial charge in [0.25, 0.3) is 0 Å². The summed E-state index contributed by atoms with van der Waals surface area (Å²) in [4.78, 5) is 4.75. The minimum Gasteiger partial charge on any atom is -0.311 e. The van der Waals surface area contributed by atoms with E-state index in [4.69, 9.17) is 0 Å². The smallest absolute Gasteiger partial charge is 0.0547 e. The lowest BCUT2D eigenvalue weighted by Crippen LogP contribution is -2.10. The van der Waals surface area contributed by atoms with E-state index in [0.29, 0.717) is 0 Å². The molecule has 0 N–H and O–H groups in total. The summed E-state index contributed by atoms with van der Waals surface area (Å²) in [6, 6.07) is 152. The fourth-order valence-electron chi connectivity index (χ4n) is 14.9. The second-order valence-corrected chi connectivity index (χ2v) is 26.5. The van der Waals surface area contributed by atoms with Crippen LogP contribution >= 0.6 is 0 Å². The van der Waals surface area contributed by atoms with Gasteiger partial charge >= 0.3 is 0 Å². The van der Waals surface area contributed by atoms with Crippen LogP contribution < -0.4 is 9.80 Å². The number of anilines is 6. The van der Waals surface area contributed by atoms with E-state index in [-0.39, 0.29) is 0 Å². The Hall–Kier alpha value is -13.6. The number of nitrogens with zero attached hydrogens (tertiary/aromatic N) is 3. The van der Waals surface area contributed by atoms with Crippen LogP contribution in [0.4, 0.5) is 34.1 Å². The second kappa shape index (κ2) is 27.3. The predicted octanol–water partition coefficient (Wildman–Crippen LogP) is 27.9. The zero-order chi connectivity index (χ0) is 68.4. The van der Waals surface area contributed by atoms with Crippen LogP contribution in [-0.4, -0.2) is 4.57 Å². The maximum Gasteiger partial charge on any atom is 0.0547 e. The van der Waals surface area contributed by atoms with Crippen molar-refractivity contribution in [1.29, 1.82) is 0 Å². The standard InChI is InChI=1S/C100H69N3/c1-4-18-70(19-5-1)73-36-38-74(39-37-73)77-48-58-93(59-49-77)102(95-31-16-28-88(69-95)96-33-17-35-99-100(96)97-32-12-13-34-98(97)103(99)89-29-8-3-9-30-89)94-60-50-78(51-61-94)75-40-42-79(43-41-75)83-24-14-25-84(66-83)80-52-62-91(63-53-80)101(90-56-46-76(47-57-90)71-20-6-2-7-21-71)92-64-54-81(55-65-92)85-26-15-27-86(67-85)87-45-44-72-22-10-11-23-82(72)68-87/h1-69H. The summed E-state index contributed by atoms with van der Waals surface area (Å²) in [7, 11) is 0. The summed E-state index contributed by atoms with van der Waals surface area (Å²) >= 11 is 0. The molecular formula is C100H69N3. The molecule has 17 aromatic carbocycles. The molecule has 0 saturated carbocycles. The summed E-state index contributed by atoms with van der Waals surface area (Å²) < 4.78 is 2.39. The minimum atomic E-state index is 1.07. The molecule has 0 aliphatic heterocycles. The van der Waals surface area contributed by atoms with Gasteiger partial charge in [0.05, 0.1) is 11.0 Å². The van der Waals surface area contributed by atoms with E-state index in [1.54, 1.807) is 0 Å². The lowest BCUT2D eigenvalue weighted by molar-refractivity contribution is 1.18. The second-order valence-electron chi connectivity index (χ2n) is 26.5. The van der Waals surface area contributed by atoms with E-state index in [9.17, 15) is 0 Å². The highest BCUT2D eigenvalue weighted by Gasteiger charge is 2.21. The zero-order valence-corrected chi connectivity index (χ0v) is 56.7. The summed E-state index contributed by atoms with van der Waals surface area (Å²) in [5, 5.41) is 4.96.